The zero-order valence-corrected chi connectivity index (χ0v) is 16.8. The molecule has 150 valence electrons. The van der Waals surface area contributed by atoms with Crippen LogP contribution in [0.5, 0.6) is 0 Å². The Bertz CT molecular complexity index is 967. The predicted octanol–water partition coefficient (Wildman–Crippen LogP) is 2.72. The summed E-state index contributed by atoms with van der Waals surface area (Å²) in [5, 5.41) is 2.91. The van der Waals surface area contributed by atoms with E-state index in [4.69, 9.17) is 0 Å². The molecule has 0 bridgehead atoms. The number of nitrogens with one attached hydrogen (secondary N) is 1. The minimum atomic E-state index is -1.33. The lowest BCUT2D eigenvalue weighted by atomic mass is 9.81. The summed E-state index contributed by atoms with van der Waals surface area (Å²) in [6.45, 7) is 5.12. The van der Waals surface area contributed by atoms with E-state index in [1.165, 1.54) is 0 Å². The zero-order valence-electron chi connectivity index (χ0n) is 16.8. The summed E-state index contributed by atoms with van der Waals surface area (Å²) >= 11 is 0. The van der Waals surface area contributed by atoms with Crippen molar-refractivity contribution in [3.05, 3.63) is 70.8 Å². The van der Waals surface area contributed by atoms with E-state index in [2.05, 4.69) is 5.32 Å². The van der Waals surface area contributed by atoms with Gasteiger partial charge in [0.15, 0.2) is 5.54 Å². The largest absolute Gasteiger partial charge is 0.341 e. The number of hydrogen-bond acceptors (Lipinski definition) is 3. The van der Waals surface area contributed by atoms with Crippen molar-refractivity contribution in [2.24, 2.45) is 0 Å². The Kier molecular flexibility index (Phi) is 4.86. The maximum Gasteiger partial charge on any atom is 0.326 e. The molecule has 0 saturated carbocycles. The van der Waals surface area contributed by atoms with Crippen LogP contribution in [-0.4, -0.2) is 47.3 Å². The van der Waals surface area contributed by atoms with E-state index in [0.717, 1.165) is 28.9 Å². The van der Waals surface area contributed by atoms with Gasteiger partial charge in [-0.2, -0.15) is 0 Å². The van der Waals surface area contributed by atoms with Gasteiger partial charge in [-0.25, -0.2) is 4.79 Å². The van der Waals surface area contributed by atoms with Crippen LogP contribution in [0.25, 0.3) is 0 Å². The van der Waals surface area contributed by atoms with Gasteiger partial charge in [-0.3, -0.25) is 14.5 Å². The first kappa shape index (κ1) is 19.2. The van der Waals surface area contributed by atoms with Crippen molar-refractivity contribution in [1.82, 2.24) is 15.1 Å². The topological polar surface area (TPSA) is 69.7 Å². The molecule has 0 aromatic heterocycles. The van der Waals surface area contributed by atoms with E-state index < -0.39 is 17.5 Å². The molecular formula is C23H25N3O3. The number of likely N-dealkylation sites (tertiary alicyclic amines) is 1. The van der Waals surface area contributed by atoms with Crippen LogP contribution in [0.4, 0.5) is 4.79 Å². The number of imide groups is 1. The molecule has 2 aromatic rings. The molecule has 4 rings (SSSR count). The molecule has 2 fully saturated rings. The molecule has 29 heavy (non-hydrogen) atoms. The Morgan fingerprint density at radius 2 is 1.66 bits per heavy atom. The van der Waals surface area contributed by atoms with Gasteiger partial charge < -0.3 is 10.2 Å². The van der Waals surface area contributed by atoms with E-state index >= 15 is 0 Å². The summed E-state index contributed by atoms with van der Waals surface area (Å²) in [6.07, 6.45) is 1.92. The highest BCUT2D eigenvalue weighted by atomic mass is 16.2. The third kappa shape index (κ3) is 3.18. The maximum atomic E-state index is 13.7. The van der Waals surface area contributed by atoms with Gasteiger partial charge >= 0.3 is 6.03 Å². The second kappa shape index (κ2) is 7.35. The first-order chi connectivity index (χ1) is 13.9. The average molecular weight is 391 g/mol. The third-order valence-corrected chi connectivity index (χ3v) is 6.00. The molecular weight excluding hydrogens is 366 g/mol. The fourth-order valence-electron chi connectivity index (χ4n) is 4.14. The number of amides is 4. The van der Waals surface area contributed by atoms with Gasteiger partial charge in [0.1, 0.15) is 6.54 Å². The van der Waals surface area contributed by atoms with Crippen molar-refractivity contribution >= 4 is 17.8 Å². The number of hydrogen-bond donors (Lipinski definition) is 1. The number of rotatable bonds is 4. The van der Waals surface area contributed by atoms with Crippen molar-refractivity contribution in [3.63, 3.8) is 0 Å². The van der Waals surface area contributed by atoms with Crippen LogP contribution in [0.1, 0.15) is 35.1 Å². The molecule has 6 heteroatoms. The lowest BCUT2D eigenvalue weighted by molar-refractivity contribution is -0.138. The fraction of sp³-hybridized carbons (Fsp3) is 0.348. The van der Waals surface area contributed by atoms with Crippen molar-refractivity contribution in [1.29, 1.82) is 0 Å². The summed E-state index contributed by atoms with van der Waals surface area (Å²) in [6, 6.07) is 14.4. The molecule has 0 radical (unpaired) electrons. The molecule has 2 aliphatic rings. The molecule has 1 unspecified atom stereocenters. The number of nitrogens with zero attached hydrogens (tertiary/aromatic N) is 2. The van der Waals surface area contributed by atoms with E-state index in [9.17, 15) is 14.4 Å². The number of aryl methyl sites for hydroxylation is 2. The summed E-state index contributed by atoms with van der Waals surface area (Å²) in [5.74, 6) is -0.598. The Morgan fingerprint density at radius 3 is 2.31 bits per heavy atom. The standard InChI is InChI=1S/C23H25N3O3/c1-16-10-11-19(14-17(16)2)23(18-8-4-3-5-9-18)21(28)26(22(29)24-23)15-20(27)25-12-6-7-13-25/h3-5,8-11,14H,6-7,12-13,15H2,1-2H3,(H,24,29). The van der Waals surface area contributed by atoms with E-state index in [0.29, 0.717) is 24.2 Å². The van der Waals surface area contributed by atoms with Gasteiger partial charge in [0.25, 0.3) is 5.91 Å². The summed E-state index contributed by atoms with van der Waals surface area (Å²) in [5.41, 5.74) is 2.18. The van der Waals surface area contributed by atoms with Crippen molar-refractivity contribution in [2.75, 3.05) is 19.6 Å². The van der Waals surface area contributed by atoms with Gasteiger partial charge in [-0.05, 0) is 48.9 Å². The normalized spacial score (nSPS) is 21.6. The first-order valence-corrected chi connectivity index (χ1v) is 9.98. The number of carbonyl (C=O) groups is 3. The molecule has 0 spiro atoms. The minimum absolute atomic E-state index is 0.185. The minimum Gasteiger partial charge on any atom is -0.341 e. The quantitative estimate of drug-likeness (QED) is 0.815. The smallest absolute Gasteiger partial charge is 0.326 e. The van der Waals surface area contributed by atoms with Gasteiger partial charge in [0.2, 0.25) is 5.91 Å². The highest BCUT2D eigenvalue weighted by Crippen LogP contribution is 2.36. The van der Waals surface area contributed by atoms with Crippen molar-refractivity contribution < 1.29 is 14.4 Å². The number of urea groups is 1. The van der Waals surface area contributed by atoms with E-state index in [-0.39, 0.29) is 12.5 Å². The van der Waals surface area contributed by atoms with Crippen LogP contribution < -0.4 is 5.32 Å². The Morgan fingerprint density at radius 1 is 0.966 bits per heavy atom. The van der Waals surface area contributed by atoms with Crippen molar-refractivity contribution in [2.45, 2.75) is 32.2 Å². The van der Waals surface area contributed by atoms with Gasteiger partial charge in [-0.1, -0.05) is 48.5 Å². The maximum absolute atomic E-state index is 13.7. The lowest BCUT2D eigenvalue weighted by Crippen LogP contribution is -2.46. The van der Waals surface area contributed by atoms with Crippen LogP contribution in [0.2, 0.25) is 0 Å². The van der Waals surface area contributed by atoms with Crippen LogP contribution in [-0.2, 0) is 15.1 Å². The highest BCUT2D eigenvalue weighted by Gasteiger charge is 2.54. The Hall–Kier alpha value is -3.15. The van der Waals surface area contributed by atoms with Crippen LogP contribution in [0, 0.1) is 13.8 Å². The number of carbonyl (C=O) groups excluding carboxylic acids is 3. The average Bonchev–Trinajstić information content (AvgIpc) is 3.34. The van der Waals surface area contributed by atoms with Crippen LogP contribution in [0.3, 0.4) is 0 Å². The molecule has 0 aliphatic carbocycles. The highest BCUT2D eigenvalue weighted by molar-refractivity contribution is 6.11. The fourth-order valence-corrected chi connectivity index (χ4v) is 4.14. The molecule has 2 saturated heterocycles. The predicted molar refractivity (Wildman–Crippen MR) is 109 cm³/mol. The molecule has 4 amide bonds. The molecule has 6 nitrogen and oxygen atoms in total. The lowest BCUT2D eigenvalue weighted by Gasteiger charge is -2.28. The molecule has 1 atom stereocenters. The summed E-state index contributed by atoms with van der Waals surface area (Å²) in [7, 11) is 0. The summed E-state index contributed by atoms with van der Waals surface area (Å²) < 4.78 is 0. The second-order valence-electron chi connectivity index (χ2n) is 7.82. The van der Waals surface area contributed by atoms with Crippen molar-refractivity contribution in [3.8, 4) is 0 Å². The number of benzene rings is 2. The molecule has 1 N–H and O–H groups in total. The van der Waals surface area contributed by atoms with E-state index in [1.807, 2.05) is 62.4 Å². The van der Waals surface area contributed by atoms with E-state index in [1.54, 1.807) is 4.90 Å². The van der Waals surface area contributed by atoms with Crippen LogP contribution >= 0.6 is 0 Å². The molecule has 2 aliphatic heterocycles. The Labute approximate surface area is 170 Å². The molecule has 2 aromatic carbocycles. The van der Waals surface area contributed by atoms with Gasteiger partial charge in [-0.15, -0.1) is 0 Å². The van der Waals surface area contributed by atoms with Crippen LogP contribution in [0.15, 0.2) is 48.5 Å². The first-order valence-electron chi connectivity index (χ1n) is 9.98. The monoisotopic (exact) mass is 391 g/mol. The van der Waals surface area contributed by atoms with Gasteiger partial charge in [0.05, 0.1) is 0 Å². The Balaban J connectivity index is 1.75. The SMILES string of the molecule is Cc1ccc(C2(c3ccccc3)NC(=O)N(CC(=O)N3CCCC3)C2=O)cc1C. The third-order valence-electron chi connectivity index (χ3n) is 6.00. The van der Waals surface area contributed by atoms with Gasteiger partial charge in [0, 0.05) is 13.1 Å². The summed E-state index contributed by atoms with van der Waals surface area (Å²) in [4.78, 5) is 41.9. The second-order valence-corrected chi connectivity index (χ2v) is 7.82. The zero-order chi connectivity index (χ0) is 20.6. The molecule has 2 heterocycles.